The highest BCUT2D eigenvalue weighted by Gasteiger charge is 2.39. The monoisotopic (exact) mass is 272 g/mol. The first-order valence-corrected chi connectivity index (χ1v) is 6.53. The Kier molecular flexibility index (Phi) is 3.42. The van der Waals surface area contributed by atoms with Crippen molar-refractivity contribution < 1.29 is 18.3 Å². The molecule has 4 heteroatoms. The van der Waals surface area contributed by atoms with Crippen molar-refractivity contribution in [3.63, 3.8) is 0 Å². The quantitative estimate of drug-likeness (QED) is 0.798. The van der Waals surface area contributed by atoms with E-state index in [0.717, 1.165) is 25.0 Å². The number of rotatable bonds is 1. The minimum absolute atomic E-state index is 0.161. The lowest BCUT2D eigenvalue weighted by molar-refractivity contribution is -0.137. The van der Waals surface area contributed by atoms with Crippen LogP contribution in [-0.4, -0.2) is 5.11 Å². The molecule has 1 saturated carbocycles. The predicted octanol–water partition coefficient (Wildman–Crippen LogP) is 4.49. The molecule has 0 aromatic heterocycles. The number of hydrogen-bond donors (Lipinski definition) is 1. The van der Waals surface area contributed by atoms with Gasteiger partial charge >= 0.3 is 6.18 Å². The van der Waals surface area contributed by atoms with E-state index in [1.807, 2.05) is 0 Å². The molecule has 1 aliphatic rings. The maximum atomic E-state index is 12.7. The largest absolute Gasteiger partial charge is 0.416 e. The molecule has 0 heterocycles. The molecule has 0 atom stereocenters. The van der Waals surface area contributed by atoms with Crippen LogP contribution in [0.4, 0.5) is 13.2 Å². The molecule has 1 nitrogen and oxygen atoms in total. The third-order valence-corrected chi connectivity index (χ3v) is 4.16. The van der Waals surface area contributed by atoms with Gasteiger partial charge < -0.3 is 5.11 Å². The average Bonchev–Trinajstić information content (AvgIpc) is 2.33. The molecule has 19 heavy (non-hydrogen) atoms. The molecule has 1 fully saturated rings. The van der Waals surface area contributed by atoms with Gasteiger partial charge in [0.1, 0.15) is 0 Å². The van der Waals surface area contributed by atoms with E-state index in [-0.39, 0.29) is 5.41 Å². The van der Waals surface area contributed by atoms with Crippen LogP contribution in [0.1, 0.15) is 50.7 Å². The third-order valence-electron chi connectivity index (χ3n) is 4.16. The Morgan fingerprint density at radius 2 is 1.63 bits per heavy atom. The highest BCUT2D eigenvalue weighted by atomic mass is 19.4. The SMILES string of the molecule is CC1(C)CCC(O)(c2cccc(C(F)(F)F)c2)CC1. The second-order valence-corrected chi connectivity index (χ2v) is 6.27. The van der Waals surface area contributed by atoms with Crippen LogP contribution in [0.3, 0.4) is 0 Å². The number of halogens is 3. The number of benzene rings is 1. The Morgan fingerprint density at radius 1 is 1.05 bits per heavy atom. The van der Waals surface area contributed by atoms with E-state index in [2.05, 4.69) is 13.8 Å². The van der Waals surface area contributed by atoms with E-state index in [9.17, 15) is 18.3 Å². The van der Waals surface area contributed by atoms with Gasteiger partial charge in [0.05, 0.1) is 11.2 Å². The van der Waals surface area contributed by atoms with Crippen LogP contribution in [0.2, 0.25) is 0 Å². The Bertz CT molecular complexity index is 453. The normalized spacial score (nSPS) is 22.2. The molecule has 2 rings (SSSR count). The lowest BCUT2D eigenvalue weighted by atomic mass is 9.69. The van der Waals surface area contributed by atoms with Gasteiger partial charge in [-0.1, -0.05) is 26.0 Å². The minimum atomic E-state index is -4.36. The first-order valence-electron chi connectivity index (χ1n) is 6.53. The zero-order valence-electron chi connectivity index (χ0n) is 11.2. The van der Waals surface area contributed by atoms with Crippen molar-refractivity contribution in [1.29, 1.82) is 0 Å². The summed E-state index contributed by atoms with van der Waals surface area (Å²) in [6.45, 7) is 4.25. The molecule has 0 amide bonds. The molecule has 1 aromatic carbocycles. The fourth-order valence-corrected chi connectivity index (χ4v) is 2.61. The second kappa shape index (κ2) is 4.51. The molecule has 0 radical (unpaired) electrons. The Labute approximate surface area is 111 Å². The van der Waals surface area contributed by atoms with Crippen molar-refractivity contribution in [2.24, 2.45) is 5.41 Å². The highest BCUT2D eigenvalue weighted by molar-refractivity contribution is 5.30. The first-order chi connectivity index (χ1) is 8.62. The van der Waals surface area contributed by atoms with Crippen molar-refractivity contribution >= 4 is 0 Å². The molecule has 1 N–H and O–H groups in total. The molecule has 1 aromatic rings. The summed E-state index contributed by atoms with van der Waals surface area (Å²) in [6, 6.07) is 5.08. The molecule has 0 saturated heterocycles. The van der Waals surface area contributed by atoms with Crippen LogP contribution in [0.15, 0.2) is 24.3 Å². The van der Waals surface area contributed by atoms with Gasteiger partial charge in [0.15, 0.2) is 0 Å². The van der Waals surface area contributed by atoms with Crippen LogP contribution in [-0.2, 0) is 11.8 Å². The van der Waals surface area contributed by atoms with Crippen LogP contribution in [0, 0.1) is 5.41 Å². The van der Waals surface area contributed by atoms with Crippen LogP contribution in [0.25, 0.3) is 0 Å². The Balaban J connectivity index is 2.27. The van der Waals surface area contributed by atoms with E-state index in [1.54, 1.807) is 6.07 Å². The topological polar surface area (TPSA) is 20.2 Å². The average molecular weight is 272 g/mol. The smallest absolute Gasteiger partial charge is 0.385 e. The molecule has 0 aliphatic heterocycles. The summed E-state index contributed by atoms with van der Waals surface area (Å²) < 4.78 is 38.1. The lowest BCUT2D eigenvalue weighted by Crippen LogP contribution is -2.34. The fraction of sp³-hybridized carbons (Fsp3) is 0.600. The molecular weight excluding hydrogens is 253 g/mol. The van der Waals surface area contributed by atoms with Gasteiger partial charge in [-0.15, -0.1) is 0 Å². The van der Waals surface area contributed by atoms with Crippen LogP contribution < -0.4 is 0 Å². The number of hydrogen-bond acceptors (Lipinski definition) is 1. The van der Waals surface area contributed by atoms with E-state index in [0.29, 0.717) is 18.4 Å². The zero-order valence-corrected chi connectivity index (χ0v) is 11.2. The van der Waals surface area contributed by atoms with Gasteiger partial charge in [0.2, 0.25) is 0 Å². The van der Waals surface area contributed by atoms with Gasteiger partial charge in [-0.05, 0) is 48.8 Å². The lowest BCUT2D eigenvalue weighted by Gasteiger charge is -2.40. The molecule has 106 valence electrons. The summed E-state index contributed by atoms with van der Waals surface area (Å²) >= 11 is 0. The van der Waals surface area contributed by atoms with E-state index in [4.69, 9.17) is 0 Å². The number of aliphatic hydroxyl groups is 1. The molecule has 1 aliphatic carbocycles. The molecule has 0 bridgehead atoms. The summed E-state index contributed by atoms with van der Waals surface area (Å²) in [5, 5.41) is 10.6. The second-order valence-electron chi connectivity index (χ2n) is 6.27. The minimum Gasteiger partial charge on any atom is -0.385 e. The van der Waals surface area contributed by atoms with Crippen molar-refractivity contribution in [2.45, 2.75) is 51.3 Å². The summed E-state index contributed by atoms with van der Waals surface area (Å²) in [7, 11) is 0. The van der Waals surface area contributed by atoms with Gasteiger partial charge in [-0.25, -0.2) is 0 Å². The van der Waals surface area contributed by atoms with E-state index >= 15 is 0 Å². The summed E-state index contributed by atoms with van der Waals surface area (Å²) in [5.74, 6) is 0. The van der Waals surface area contributed by atoms with E-state index < -0.39 is 17.3 Å². The first kappa shape index (κ1) is 14.4. The maximum Gasteiger partial charge on any atom is 0.416 e. The fourth-order valence-electron chi connectivity index (χ4n) is 2.61. The van der Waals surface area contributed by atoms with Crippen molar-refractivity contribution in [3.8, 4) is 0 Å². The standard InChI is InChI=1S/C15H19F3O/c1-13(2)6-8-14(19,9-7-13)11-4-3-5-12(10-11)15(16,17)18/h3-5,10,19H,6-9H2,1-2H3. The van der Waals surface area contributed by atoms with Crippen LogP contribution in [0.5, 0.6) is 0 Å². The van der Waals surface area contributed by atoms with Crippen molar-refractivity contribution in [3.05, 3.63) is 35.4 Å². The number of alkyl halides is 3. The summed E-state index contributed by atoms with van der Waals surface area (Å²) in [4.78, 5) is 0. The van der Waals surface area contributed by atoms with Gasteiger partial charge in [0.25, 0.3) is 0 Å². The zero-order chi connectivity index (χ0) is 14.3. The van der Waals surface area contributed by atoms with Crippen LogP contribution >= 0.6 is 0 Å². The third kappa shape index (κ3) is 3.11. The molecule has 0 unspecified atom stereocenters. The highest BCUT2D eigenvalue weighted by Crippen LogP contribution is 2.45. The van der Waals surface area contributed by atoms with Gasteiger partial charge in [-0.3, -0.25) is 0 Å². The Morgan fingerprint density at radius 3 is 2.16 bits per heavy atom. The van der Waals surface area contributed by atoms with Crippen molar-refractivity contribution in [2.75, 3.05) is 0 Å². The van der Waals surface area contributed by atoms with Crippen molar-refractivity contribution in [1.82, 2.24) is 0 Å². The molecular formula is C15H19F3O. The predicted molar refractivity (Wildman–Crippen MR) is 67.6 cm³/mol. The van der Waals surface area contributed by atoms with Gasteiger partial charge in [-0.2, -0.15) is 13.2 Å². The maximum absolute atomic E-state index is 12.7. The van der Waals surface area contributed by atoms with E-state index in [1.165, 1.54) is 6.07 Å². The molecule has 0 spiro atoms. The van der Waals surface area contributed by atoms with Gasteiger partial charge in [0, 0.05) is 0 Å². The Hall–Kier alpha value is -1.03. The summed E-state index contributed by atoms with van der Waals surface area (Å²) in [5.41, 5.74) is -1.26. The summed E-state index contributed by atoms with van der Waals surface area (Å²) in [6.07, 6.45) is -1.69.